The summed E-state index contributed by atoms with van der Waals surface area (Å²) >= 11 is 0. The fourth-order valence-corrected chi connectivity index (χ4v) is 1.48. The minimum atomic E-state index is -2.76. The predicted molar refractivity (Wildman–Crippen MR) is 59.4 cm³/mol. The van der Waals surface area contributed by atoms with Crippen molar-refractivity contribution in [2.45, 2.75) is 26.2 Å². The van der Waals surface area contributed by atoms with E-state index in [0.29, 0.717) is 12.2 Å². The second-order valence-electron chi connectivity index (χ2n) is 3.44. The molecular formula is C12H17NO2. The minimum Gasteiger partial charge on any atom is -0.454 e. The summed E-state index contributed by atoms with van der Waals surface area (Å²) in [6.07, 6.45) is 0.356. The maximum absolute atomic E-state index is 7.55. The van der Waals surface area contributed by atoms with E-state index in [1.165, 1.54) is 0 Å². The lowest BCUT2D eigenvalue weighted by molar-refractivity contribution is 0.174. The Morgan fingerprint density at radius 3 is 3.33 bits per heavy atom. The van der Waals surface area contributed by atoms with E-state index >= 15 is 0 Å². The van der Waals surface area contributed by atoms with Gasteiger partial charge in [-0.15, -0.1) is 0 Å². The average Bonchev–Trinajstić information content (AvgIpc) is 2.59. The Kier molecular flexibility index (Phi) is 1.43. The molecule has 1 aromatic carbocycles. The standard InChI is InChI=1S/C12H17NO2/c1-3-13-9(2)6-10-4-5-11-12(7-10)15-8-14-11/h4-5,7,9,13H,3,6,8H2,1-2H3/i1D3,3D2,8D2. The van der Waals surface area contributed by atoms with Crippen LogP contribution in [0.2, 0.25) is 0 Å². The monoisotopic (exact) mass is 214 g/mol. The molecule has 1 unspecified atom stereocenters. The van der Waals surface area contributed by atoms with E-state index in [4.69, 9.17) is 19.1 Å². The molecule has 1 aliphatic heterocycles. The average molecular weight is 214 g/mol. The molecule has 1 aromatic rings. The van der Waals surface area contributed by atoms with Gasteiger partial charge < -0.3 is 14.8 Å². The van der Waals surface area contributed by atoms with E-state index < -0.39 is 26.1 Å². The molecule has 1 atom stereocenters. The number of rotatable bonds is 4. The van der Waals surface area contributed by atoms with Crippen molar-refractivity contribution in [1.29, 1.82) is 0 Å². The number of fused-ring (bicyclic) bond motifs is 1. The van der Waals surface area contributed by atoms with Crippen molar-refractivity contribution in [3.63, 3.8) is 0 Å². The fraction of sp³-hybridized carbons (Fsp3) is 0.500. The van der Waals surface area contributed by atoms with Crippen molar-refractivity contribution in [1.82, 2.24) is 5.32 Å². The lowest BCUT2D eigenvalue weighted by Crippen LogP contribution is -2.27. The third kappa shape index (κ3) is 2.42. The molecular weight excluding hydrogens is 190 g/mol. The molecule has 0 fully saturated rings. The quantitative estimate of drug-likeness (QED) is 0.831. The van der Waals surface area contributed by atoms with Gasteiger partial charge in [0.15, 0.2) is 11.5 Å². The molecule has 3 nitrogen and oxygen atoms in total. The molecule has 0 saturated heterocycles. The maximum Gasteiger partial charge on any atom is 0.231 e. The van der Waals surface area contributed by atoms with Crippen LogP contribution in [-0.4, -0.2) is 19.3 Å². The van der Waals surface area contributed by atoms with E-state index in [9.17, 15) is 0 Å². The zero-order chi connectivity index (χ0) is 16.8. The molecule has 1 aliphatic rings. The van der Waals surface area contributed by atoms with Crippen LogP contribution < -0.4 is 14.8 Å². The SMILES string of the molecule is [2H]C1([2H])Oc2ccc(CC(C)NC([2H])([2H])C([2H])([2H])[2H])cc2O1. The maximum atomic E-state index is 7.55. The first-order valence-corrected chi connectivity index (χ1v) is 4.68. The Bertz CT molecular complexity index is 559. The van der Waals surface area contributed by atoms with Crippen LogP contribution in [0.3, 0.4) is 0 Å². The van der Waals surface area contributed by atoms with Crippen LogP contribution in [0.1, 0.15) is 28.9 Å². The zero-order valence-corrected chi connectivity index (χ0v) is 8.33. The fourth-order valence-electron chi connectivity index (χ4n) is 1.48. The molecule has 15 heavy (non-hydrogen) atoms. The third-order valence-electron chi connectivity index (χ3n) is 2.17. The van der Waals surface area contributed by atoms with Gasteiger partial charge in [0.2, 0.25) is 6.75 Å². The normalized spacial score (nSPS) is 27.4. The molecule has 0 amide bonds. The smallest absolute Gasteiger partial charge is 0.231 e. The lowest BCUT2D eigenvalue weighted by atomic mass is 10.1. The zero-order valence-electron chi connectivity index (χ0n) is 15.3. The summed E-state index contributed by atoms with van der Waals surface area (Å²) in [5, 5.41) is 2.45. The topological polar surface area (TPSA) is 30.5 Å². The Labute approximate surface area is 100 Å². The van der Waals surface area contributed by atoms with Gasteiger partial charge in [-0.3, -0.25) is 0 Å². The molecule has 0 saturated carbocycles. The summed E-state index contributed by atoms with van der Waals surface area (Å²) in [7, 11) is 0. The van der Waals surface area contributed by atoms with Crippen LogP contribution in [0.25, 0.3) is 0 Å². The Morgan fingerprint density at radius 1 is 1.60 bits per heavy atom. The van der Waals surface area contributed by atoms with Crippen molar-refractivity contribution in [3.05, 3.63) is 23.8 Å². The van der Waals surface area contributed by atoms with Gasteiger partial charge in [-0.05, 0) is 37.5 Å². The van der Waals surface area contributed by atoms with E-state index in [0.717, 1.165) is 5.56 Å². The summed E-state index contributed by atoms with van der Waals surface area (Å²) in [5.41, 5.74) is 0.751. The Hall–Kier alpha value is -1.22. The first-order chi connectivity index (χ1) is 9.90. The van der Waals surface area contributed by atoms with Gasteiger partial charge in [0.25, 0.3) is 0 Å². The van der Waals surface area contributed by atoms with Crippen molar-refractivity contribution in [2.75, 3.05) is 13.2 Å². The van der Waals surface area contributed by atoms with E-state index in [1.54, 1.807) is 25.1 Å². The van der Waals surface area contributed by atoms with Crippen LogP contribution in [0.15, 0.2) is 18.2 Å². The lowest BCUT2D eigenvalue weighted by Gasteiger charge is -2.12. The first-order valence-electron chi connectivity index (χ1n) is 8.18. The first kappa shape index (κ1) is 4.74. The van der Waals surface area contributed by atoms with Crippen LogP contribution in [0, 0.1) is 0 Å². The Balaban J connectivity index is 2.04. The van der Waals surface area contributed by atoms with Gasteiger partial charge in [0.05, 0.1) is 0 Å². The van der Waals surface area contributed by atoms with Crippen LogP contribution in [0.5, 0.6) is 11.5 Å². The van der Waals surface area contributed by atoms with Crippen molar-refractivity contribution >= 4 is 0 Å². The molecule has 2 rings (SSSR count). The van der Waals surface area contributed by atoms with Crippen LogP contribution in [0.4, 0.5) is 0 Å². The summed E-state index contributed by atoms with van der Waals surface area (Å²) in [5.74, 6) is 0.570. The number of nitrogens with one attached hydrogen (secondary N) is 1. The van der Waals surface area contributed by atoms with Crippen molar-refractivity contribution < 1.29 is 19.1 Å². The van der Waals surface area contributed by atoms with Crippen LogP contribution in [-0.2, 0) is 6.42 Å². The number of hydrogen-bond acceptors (Lipinski definition) is 3. The van der Waals surface area contributed by atoms with E-state index in [-0.39, 0.29) is 5.75 Å². The molecule has 0 bridgehead atoms. The third-order valence-corrected chi connectivity index (χ3v) is 2.17. The Morgan fingerprint density at radius 2 is 2.47 bits per heavy atom. The number of hydrogen-bond donors (Lipinski definition) is 1. The predicted octanol–water partition coefficient (Wildman–Crippen LogP) is 1.96. The second kappa shape index (κ2) is 4.53. The van der Waals surface area contributed by atoms with Gasteiger partial charge in [-0.2, -0.15) is 0 Å². The van der Waals surface area contributed by atoms with Gasteiger partial charge in [0.1, 0.15) is 2.74 Å². The highest BCUT2D eigenvalue weighted by Gasteiger charge is 2.13. The minimum absolute atomic E-state index is 0.272. The molecule has 1 heterocycles. The molecule has 0 aromatic heterocycles. The number of ether oxygens (including phenoxy) is 2. The molecule has 1 N–H and O–H groups in total. The molecule has 3 heteroatoms. The van der Waals surface area contributed by atoms with Crippen molar-refractivity contribution in [3.8, 4) is 11.5 Å². The van der Waals surface area contributed by atoms with Gasteiger partial charge in [0, 0.05) is 12.9 Å². The van der Waals surface area contributed by atoms with Crippen LogP contribution >= 0.6 is 0 Å². The summed E-state index contributed by atoms with van der Waals surface area (Å²) in [6.45, 7) is -5.76. The molecule has 0 radical (unpaired) electrons. The van der Waals surface area contributed by atoms with Gasteiger partial charge >= 0.3 is 0 Å². The summed E-state index contributed by atoms with van der Waals surface area (Å²) in [4.78, 5) is 0. The second-order valence-corrected chi connectivity index (χ2v) is 3.44. The molecule has 82 valence electrons. The van der Waals surface area contributed by atoms with Crippen molar-refractivity contribution in [2.24, 2.45) is 0 Å². The summed E-state index contributed by atoms with van der Waals surface area (Å²) in [6, 6.07) is 4.43. The number of benzene rings is 1. The highest BCUT2D eigenvalue weighted by Crippen LogP contribution is 2.32. The highest BCUT2D eigenvalue weighted by molar-refractivity contribution is 5.44. The van der Waals surface area contributed by atoms with Gasteiger partial charge in [-0.1, -0.05) is 12.9 Å². The van der Waals surface area contributed by atoms with E-state index in [2.05, 4.69) is 5.32 Å². The van der Waals surface area contributed by atoms with E-state index in [1.807, 2.05) is 0 Å². The number of likely N-dealkylation sites (N-methyl/N-ethyl adjacent to an activating group) is 1. The largest absolute Gasteiger partial charge is 0.454 e. The molecule has 0 spiro atoms. The van der Waals surface area contributed by atoms with Gasteiger partial charge in [-0.25, -0.2) is 0 Å². The summed E-state index contributed by atoms with van der Waals surface area (Å²) < 4.78 is 61.3. The molecule has 0 aliphatic carbocycles. The highest BCUT2D eigenvalue weighted by atomic mass is 16.7.